The van der Waals surface area contributed by atoms with Crippen molar-refractivity contribution in [2.75, 3.05) is 6.61 Å². The number of carbonyl (C=O) groups is 1. The largest absolute Gasteiger partial charge is 0.450 e. The monoisotopic (exact) mass is 332 g/mol. The van der Waals surface area contributed by atoms with Crippen LogP contribution < -0.4 is 0 Å². The SMILES string of the molecule is CC1=C2CC/C(C)=C/CCC3(CO)O[C@H]3CC/C(C)=C/[C@@H]2OC1=O. The molecule has 0 aromatic carbocycles. The lowest BCUT2D eigenvalue weighted by molar-refractivity contribution is -0.138. The van der Waals surface area contributed by atoms with E-state index >= 15 is 0 Å². The minimum absolute atomic E-state index is 0.0969. The van der Waals surface area contributed by atoms with Crippen molar-refractivity contribution in [2.45, 2.75) is 77.1 Å². The number of hydrogen-bond acceptors (Lipinski definition) is 4. The van der Waals surface area contributed by atoms with Gasteiger partial charge in [-0.15, -0.1) is 0 Å². The number of esters is 1. The van der Waals surface area contributed by atoms with Crippen LogP contribution in [-0.4, -0.2) is 35.5 Å². The summed E-state index contributed by atoms with van der Waals surface area (Å²) in [5.74, 6) is -0.185. The molecule has 1 aliphatic carbocycles. The third-order valence-electron chi connectivity index (χ3n) is 5.63. The molecule has 24 heavy (non-hydrogen) atoms. The lowest BCUT2D eigenvalue weighted by Gasteiger charge is -2.14. The molecule has 1 fully saturated rings. The molecule has 4 nitrogen and oxygen atoms in total. The zero-order valence-corrected chi connectivity index (χ0v) is 14.9. The third-order valence-corrected chi connectivity index (χ3v) is 5.63. The quantitative estimate of drug-likeness (QED) is 0.453. The Morgan fingerprint density at radius 1 is 1.21 bits per heavy atom. The second-order valence-corrected chi connectivity index (χ2v) is 7.45. The molecule has 1 N–H and O–H groups in total. The van der Waals surface area contributed by atoms with Gasteiger partial charge >= 0.3 is 5.97 Å². The van der Waals surface area contributed by atoms with E-state index in [9.17, 15) is 9.90 Å². The van der Waals surface area contributed by atoms with E-state index in [-0.39, 0.29) is 30.4 Å². The molecule has 0 saturated carbocycles. The average Bonchev–Trinajstić information content (AvgIpc) is 3.18. The fourth-order valence-corrected chi connectivity index (χ4v) is 3.79. The number of allylic oxidation sites excluding steroid dienone is 3. The Labute approximate surface area is 144 Å². The highest BCUT2D eigenvalue weighted by Gasteiger charge is 2.54. The molecule has 0 aromatic rings. The third kappa shape index (κ3) is 3.50. The van der Waals surface area contributed by atoms with Crippen LogP contribution in [0.3, 0.4) is 0 Å². The highest BCUT2D eigenvalue weighted by atomic mass is 16.6. The van der Waals surface area contributed by atoms with Gasteiger partial charge in [0.25, 0.3) is 0 Å². The van der Waals surface area contributed by atoms with E-state index in [2.05, 4.69) is 26.0 Å². The molecule has 4 heteroatoms. The number of rotatable bonds is 1. The molecule has 1 saturated heterocycles. The van der Waals surface area contributed by atoms with Gasteiger partial charge in [0, 0.05) is 5.57 Å². The van der Waals surface area contributed by atoms with Gasteiger partial charge in [0.15, 0.2) is 0 Å². The minimum atomic E-state index is -0.331. The highest BCUT2D eigenvalue weighted by Crippen LogP contribution is 2.44. The van der Waals surface area contributed by atoms with Gasteiger partial charge in [-0.3, -0.25) is 0 Å². The Morgan fingerprint density at radius 2 is 2.00 bits per heavy atom. The standard InChI is InChI=1S/C20H28O4/c1-13-5-4-10-20(12-21)18(24-20)9-7-14(2)11-17-16(8-6-13)15(3)19(22)23-17/h5,11,17-18,21H,4,6-10,12H2,1-3H3/b13-5+,14-11+/t17-,18-,20?/m0/s1. The smallest absolute Gasteiger partial charge is 0.334 e. The Balaban J connectivity index is 1.80. The summed E-state index contributed by atoms with van der Waals surface area (Å²) in [5.41, 5.74) is 4.09. The fourth-order valence-electron chi connectivity index (χ4n) is 3.79. The van der Waals surface area contributed by atoms with Crippen LogP contribution in [0.15, 0.2) is 34.4 Å². The lowest BCUT2D eigenvalue weighted by Crippen LogP contribution is -2.20. The molecule has 2 heterocycles. The topological polar surface area (TPSA) is 59.1 Å². The van der Waals surface area contributed by atoms with E-state index in [1.165, 1.54) is 11.1 Å². The first kappa shape index (κ1) is 17.4. The van der Waals surface area contributed by atoms with E-state index < -0.39 is 0 Å². The normalized spacial score (nSPS) is 38.9. The van der Waals surface area contributed by atoms with Crippen LogP contribution in [0.4, 0.5) is 0 Å². The summed E-state index contributed by atoms with van der Waals surface area (Å²) >= 11 is 0. The van der Waals surface area contributed by atoms with Gasteiger partial charge in [0.05, 0.1) is 12.7 Å². The number of aliphatic hydroxyl groups excluding tert-OH is 1. The van der Waals surface area contributed by atoms with Crippen LogP contribution >= 0.6 is 0 Å². The average molecular weight is 332 g/mol. The first-order chi connectivity index (χ1) is 11.4. The van der Waals surface area contributed by atoms with Crippen molar-refractivity contribution in [1.82, 2.24) is 0 Å². The van der Waals surface area contributed by atoms with Crippen LogP contribution in [0.25, 0.3) is 0 Å². The van der Waals surface area contributed by atoms with Gasteiger partial charge in [-0.25, -0.2) is 4.79 Å². The zero-order valence-electron chi connectivity index (χ0n) is 14.9. The van der Waals surface area contributed by atoms with Gasteiger partial charge in [0.1, 0.15) is 11.7 Å². The Hall–Kier alpha value is -1.39. The Kier molecular flexibility index (Phi) is 4.97. The molecule has 0 spiro atoms. The molecule has 132 valence electrons. The second kappa shape index (κ2) is 6.85. The predicted molar refractivity (Wildman–Crippen MR) is 92.5 cm³/mol. The second-order valence-electron chi connectivity index (χ2n) is 7.45. The summed E-state index contributed by atoms with van der Waals surface area (Å²) in [4.78, 5) is 11.9. The molecule has 3 rings (SSSR count). The predicted octanol–water partition coefficient (Wildman–Crippen LogP) is 3.61. The van der Waals surface area contributed by atoms with Crippen molar-refractivity contribution < 1.29 is 19.4 Å². The number of fused-ring (bicyclic) bond motifs is 2. The summed E-state index contributed by atoms with van der Waals surface area (Å²) < 4.78 is 11.4. The number of ether oxygens (including phenoxy) is 2. The van der Waals surface area contributed by atoms with Gasteiger partial charge in [-0.1, -0.05) is 17.2 Å². The Morgan fingerprint density at radius 3 is 2.75 bits per heavy atom. The first-order valence-electron chi connectivity index (χ1n) is 8.97. The van der Waals surface area contributed by atoms with Crippen molar-refractivity contribution in [2.24, 2.45) is 0 Å². The van der Waals surface area contributed by atoms with Crippen LogP contribution in [-0.2, 0) is 14.3 Å². The molecule has 2 aliphatic heterocycles. The van der Waals surface area contributed by atoms with Crippen LogP contribution in [0.5, 0.6) is 0 Å². The summed E-state index contributed by atoms with van der Waals surface area (Å²) in [6.07, 6.45) is 9.66. The fraction of sp³-hybridized carbons (Fsp3) is 0.650. The minimum Gasteiger partial charge on any atom is -0.450 e. The maximum Gasteiger partial charge on any atom is 0.334 e. The number of carbonyl (C=O) groups excluding carboxylic acids is 1. The van der Waals surface area contributed by atoms with Crippen molar-refractivity contribution in [3.05, 3.63) is 34.4 Å². The van der Waals surface area contributed by atoms with Crippen LogP contribution in [0, 0.1) is 0 Å². The summed E-state index contributed by atoms with van der Waals surface area (Å²) in [7, 11) is 0. The van der Waals surface area contributed by atoms with Crippen LogP contribution in [0.2, 0.25) is 0 Å². The van der Waals surface area contributed by atoms with Crippen molar-refractivity contribution in [3.8, 4) is 0 Å². The molecule has 1 unspecified atom stereocenters. The van der Waals surface area contributed by atoms with Crippen LogP contribution in [0.1, 0.15) is 59.3 Å². The van der Waals surface area contributed by atoms with Crippen molar-refractivity contribution in [3.63, 3.8) is 0 Å². The van der Waals surface area contributed by atoms with E-state index in [0.29, 0.717) is 0 Å². The maximum absolute atomic E-state index is 11.9. The zero-order chi connectivity index (χ0) is 17.3. The van der Waals surface area contributed by atoms with E-state index in [1.807, 2.05) is 6.92 Å². The van der Waals surface area contributed by atoms with E-state index in [1.54, 1.807) is 0 Å². The van der Waals surface area contributed by atoms with E-state index in [0.717, 1.165) is 49.7 Å². The molecular formula is C20H28O4. The molecule has 0 amide bonds. The molecule has 3 aliphatic rings. The summed E-state index contributed by atoms with van der Waals surface area (Å²) in [5, 5.41) is 9.69. The Bertz CT molecular complexity index is 613. The molecule has 0 bridgehead atoms. The van der Waals surface area contributed by atoms with E-state index in [4.69, 9.17) is 9.47 Å². The molecule has 0 aromatic heterocycles. The maximum atomic E-state index is 11.9. The molecule has 3 atom stereocenters. The van der Waals surface area contributed by atoms with Gasteiger partial charge < -0.3 is 14.6 Å². The lowest BCUT2D eigenvalue weighted by atomic mass is 9.92. The summed E-state index contributed by atoms with van der Waals surface area (Å²) in [6.45, 7) is 6.18. The van der Waals surface area contributed by atoms with Crippen molar-refractivity contribution in [1.29, 1.82) is 0 Å². The molecular weight excluding hydrogens is 304 g/mol. The summed E-state index contributed by atoms with van der Waals surface area (Å²) in [6, 6.07) is 0. The highest BCUT2D eigenvalue weighted by molar-refractivity contribution is 5.92. The van der Waals surface area contributed by atoms with Gasteiger partial charge in [-0.05, 0) is 70.9 Å². The number of hydrogen-bond donors (Lipinski definition) is 1. The first-order valence-corrected chi connectivity index (χ1v) is 8.97. The van der Waals surface area contributed by atoms with Gasteiger partial charge in [-0.2, -0.15) is 0 Å². The molecule has 0 radical (unpaired) electrons. The number of aliphatic hydroxyl groups is 1. The van der Waals surface area contributed by atoms with Crippen molar-refractivity contribution >= 4 is 5.97 Å². The van der Waals surface area contributed by atoms with Gasteiger partial charge in [0.2, 0.25) is 0 Å². The number of epoxide rings is 1.